The number of nitrogens with zero attached hydrogens (tertiary/aromatic N) is 4. The summed E-state index contributed by atoms with van der Waals surface area (Å²) in [6.45, 7) is 0. The second-order valence-corrected chi connectivity index (χ2v) is 18.1. The summed E-state index contributed by atoms with van der Waals surface area (Å²) in [4.78, 5) is 4.85. The number of hydrogen-bond donors (Lipinski definition) is 0. The lowest BCUT2D eigenvalue weighted by Gasteiger charge is -2.31. The van der Waals surface area contributed by atoms with Crippen LogP contribution in [0.2, 0.25) is 0 Å². The number of rotatable bonds is 9. The van der Waals surface area contributed by atoms with Gasteiger partial charge >= 0.3 is 0 Å². The Hall–Kier alpha value is -9.38. The van der Waals surface area contributed by atoms with Crippen molar-refractivity contribution in [1.82, 2.24) is 8.97 Å². The number of aromatic nitrogens is 2. The van der Waals surface area contributed by atoms with Gasteiger partial charge in [-0.25, -0.2) is 0 Å². The molecule has 0 radical (unpaired) electrons. The monoisotopic (exact) mass is 892 g/mol. The number of benzene rings is 11. The molecular formula is C66H44N4. The van der Waals surface area contributed by atoms with Crippen molar-refractivity contribution in [3.8, 4) is 27.9 Å². The fraction of sp³-hybridized carbons (Fsp3) is 0. The summed E-state index contributed by atoms with van der Waals surface area (Å²) in [5.74, 6) is 0. The van der Waals surface area contributed by atoms with Crippen molar-refractivity contribution in [3.63, 3.8) is 0 Å². The highest BCUT2D eigenvalue weighted by Crippen LogP contribution is 2.48. The molecule has 0 atom stereocenters. The van der Waals surface area contributed by atoms with Gasteiger partial charge in [0.05, 0.1) is 50.3 Å². The zero-order valence-corrected chi connectivity index (χ0v) is 38.2. The Labute approximate surface area is 405 Å². The van der Waals surface area contributed by atoms with Gasteiger partial charge in [0.2, 0.25) is 0 Å². The van der Waals surface area contributed by atoms with Gasteiger partial charge < -0.3 is 18.8 Å². The lowest BCUT2D eigenvalue weighted by Crippen LogP contribution is -2.15. The second kappa shape index (κ2) is 16.2. The molecule has 4 heteroatoms. The maximum atomic E-state index is 2.52. The standard InChI is InChI=1S/C66H44N4/c1-5-21-45(22-6-1)47-25-17-30-50(41-47)67(48-26-9-3-10-27-48)51-42-52(68(49-28-11-4-12-29-49)59-36-15-13-31-54(59)46-23-7-2-8-24-46)44-53(43-51)69-61-38-19-33-56-58-35-18-34-57-55-32-14-16-37-60(55)70(66(57)58)63-40-20-39-62(69)65(63)64(56)61/h1-44H. The molecule has 14 aromatic rings. The minimum absolute atomic E-state index is 1.03. The molecule has 0 amide bonds. The van der Waals surface area contributed by atoms with Crippen LogP contribution in [0.4, 0.5) is 34.1 Å². The molecule has 0 spiro atoms. The summed E-state index contributed by atoms with van der Waals surface area (Å²) in [5.41, 5.74) is 18.0. The van der Waals surface area contributed by atoms with E-state index in [1.165, 1.54) is 54.4 Å². The molecule has 0 saturated carbocycles. The van der Waals surface area contributed by atoms with E-state index >= 15 is 0 Å². The number of fused-ring (bicyclic) bond motifs is 5. The van der Waals surface area contributed by atoms with Gasteiger partial charge in [0.15, 0.2) is 0 Å². The van der Waals surface area contributed by atoms with Gasteiger partial charge in [0.25, 0.3) is 0 Å². The Morgan fingerprint density at radius 2 is 0.757 bits per heavy atom. The van der Waals surface area contributed by atoms with E-state index in [9.17, 15) is 0 Å². The van der Waals surface area contributed by atoms with Crippen LogP contribution in [-0.4, -0.2) is 8.97 Å². The predicted octanol–water partition coefficient (Wildman–Crippen LogP) is 18.2. The normalized spacial score (nSPS) is 11.7. The van der Waals surface area contributed by atoms with Crippen LogP contribution in [0.15, 0.2) is 267 Å². The molecule has 0 aliphatic carbocycles. The summed E-state index contributed by atoms with van der Waals surface area (Å²) in [5, 5.41) is 7.51. The molecule has 70 heavy (non-hydrogen) atoms. The van der Waals surface area contributed by atoms with Crippen LogP contribution in [0.5, 0.6) is 0 Å². The molecule has 11 aromatic carbocycles. The van der Waals surface area contributed by atoms with Crippen LogP contribution in [0.1, 0.15) is 0 Å². The molecule has 0 aliphatic rings. The molecule has 0 fully saturated rings. The van der Waals surface area contributed by atoms with Gasteiger partial charge in [0.1, 0.15) is 0 Å². The zero-order valence-electron chi connectivity index (χ0n) is 38.2. The van der Waals surface area contributed by atoms with E-state index in [0.29, 0.717) is 0 Å². The van der Waals surface area contributed by atoms with E-state index in [4.69, 9.17) is 0 Å². The van der Waals surface area contributed by atoms with E-state index < -0.39 is 0 Å². The summed E-state index contributed by atoms with van der Waals surface area (Å²) in [6, 6.07) is 97.3. The van der Waals surface area contributed by atoms with Gasteiger partial charge in [-0.05, 0) is 107 Å². The third-order valence-corrected chi connectivity index (χ3v) is 14.2. The molecule has 3 heterocycles. The van der Waals surface area contributed by atoms with Crippen LogP contribution in [0, 0.1) is 0 Å². The SMILES string of the molecule is c1ccc(-c2cccc(N(c3ccccc3)c3cc(N(c4ccccc4)c4ccccc4-c4ccccc4)cc(-n4c5cccc6c7cccc8c9ccccc9n(c9cccc4c9c65)c78)c3)c2)cc1. The lowest BCUT2D eigenvalue weighted by atomic mass is 10.0. The fourth-order valence-corrected chi connectivity index (χ4v) is 11.2. The molecular weight excluding hydrogens is 849 g/mol. The van der Waals surface area contributed by atoms with Gasteiger partial charge in [-0.1, -0.05) is 182 Å². The van der Waals surface area contributed by atoms with Gasteiger partial charge in [-0.3, -0.25) is 0 Å². The van der Waals surface area contributed by atoms with Crippen molar-refractivity contribution in [2.75, 3.05) is 9.80 Å². The van der Waals surface area contributed by atoms with Crippen LogP contribution in [0.25, 0.3) is 87.8 Å². The van der Waals surface area contributed by atoms with Crippen molar-refractivity contribution in [2.45, 2.75) is 0 Å². The van der Waals surface area contributed by atoms with E-state index in [1.807, 2.05) is 0 Å². The Morgan fingerprint density at radius 1 is 0.271 bits per heavy atom. The minimum atomic E-state index is 1.03. The molecule has 0 saturated heterocycles. The first-order valence-corrected chi connectivity index (χ1v) is 24.0. The van der Waals surface area contributed by atoms with Gasteiger partial charge in [-0.15, -0.1) is 0 Å². The quantitative estimate of drug-likeness (QED) is 0.143. The molecule has 14 rings (SSSR count). The van der Waals surface area contributed by atoms with E-state index in [0.717, 1.165) is 67.5 Å². The average molecular weight is 893 g/mol. The van der Waals surface area contributed by atoms with Crippen LogP contribution >= 0.6 is 0 Å². The third kappa shape index (κ3) is 6.24. The van der Waals surface area contributed by atoms with Crippen molar-refractivity contribution < 1.29 is 0 Å². The minimum Gasteiger partial charge on any atom is -0.310 e. The Morgan fingerprint density at radius 3 is 1.51 bits per heavy atom. The van der Waals surface area contributed by atoms with Gasteiger partial charge in [0, 0.05) is 49.6 Å². The first kappa shape index (κ1) is 39.8. The van der Waals surface area contributed by atoms with Crippen LogP contribution in [-0.2, 0) is 0 Å². The smallest absolute Gasteiger partial charge is 0.0619 e. The lowest BCUT2D eigenvalue weighted by molar-refractivity contribution is 1.16. The summed E-state index contributed by atoms with van der Waals surface area (Å²) in [6.07, 6.45) is 0. The first-order chi connectivity index (χ1) is 34.8. The van der Waals surface area contributed by atoms with Crippen molar-refractivity contribution >= 4 is 94.0 Å². The van der Waals surface area contributed by atoms with Gasteiger partial charge in [-0.2, -0.15) is 0 Å². The summed E-state index contributed by atoms with van der Waals surface area (Å²) >= 11 is 0. The van der Waals surface area contributed by atoms with Crippen molar-refractivity contribution in [2.24, 2.45) is 0 Å². The Kier molecular flexibility index (Phi) is 9.17. The Balaban J connectivity index is 1.11. The Bertz CT molecular complexity index is 4230. The van der Waals surface area contributed by atoms with E-state index in [1.54, 1.807) is 0 Å². The van der Waals surface area contributed by atoms with E-state index in [2.05, 4.69) is 286 Å². The van der Waals surface area contributed by atoms with Crippen molar-refractivity contribution in [3.05, 3.63) is 267 Å². The average Bonchev–Trinajstić information content (AvgIpc) is 3.92. The molecule has 3 aromatic heterocycles. The number of para-hydroxylation sites is 5. The number of hydrogen-bond acceptors (Lipinski definition) is 2. The molecule has 0 N–H and O–H groups in total. The molecule has 0 aliphatic heterocycles. The topological polar surface area (TPSA) is 15.8 Å². The van der Waals surface area contributed by atoms with E-state index in [-0.39, 0.29) is 0 Å². The second-order valence-electron chi connectivity index (χ2n) is 18.1. The maximum Gasteiger partial charge on any atom is 0.0619 e. The molecule has 328 valence electrons. The number of anilines is 6. The largest absolute Gasteiger partial charge is 0.310 e. The highest BCUT2D eigenvalue weighted by Gasteiger charge is 2.25. The van der Waals surface area contributed by atoms with Crippen molar-refractivity contribution in [1.29, 1.82) is 0 Å². The maximum absolute atomic E-state index is 2.52. The molecule has 4 nitrogen and oxygen atoms in total. The first-order valence-electron chi connectivity index (χ1n) is 24.0. The summed E-state index contributed by atoms with van der Waals surface area (Å²) in [7, 11) is 0. The third-order valence-electron chi connectivity index (χ3n) is 14.2. The zero-order chi connectivity index (χ0) is 46.1. The highest BCUT2D eigenvalue weighted by molar-refractivity contribution is 6.31. The highest BCUT2D eigenvalue weighted by atomic mass is 15.2. The molecule has 0 unspecified atom stereocenters. The van der Waals surface area contributed by atoms with Crippen LogP contribution in [0.3, 0.4) is 0 Å². The summed E-state index contributed by atoms with van der Waals surface area (Å²) < 4.78 is 5.03. The predicted molar refractivity (Wildman–Crippen MR) is 296 cm³/mol. The molecule has 0 bridgehead atoms. The van der Waals surface area contributed by atoms with Crippen LogP contribution < -0.4 is 9.80 Å². The fourth-order valence-electron chi connectivity index (χ4n) is 11.2.